The van der Waals surface area contributed by atoms with Crippen LogP contribution in [0.2, 0.25) is 10.0 Å². The Balaban J connectivity index is 1.41. The van der Waals surface area contributed by atoms with Gasteiger partial charge in [0.25, 0.3) is 5.91 Å². The average Bonchev–Trinajstić information content (AvgIpc) is 3.00. The highest BCUT2D eigenvalue weighted by Gasteiger charge is 2.42. The third-order valence-corrected chi connectivity index (χ3v) is 8.10. The number of benzene rings is 2. The quantitative estimate of drug-likeness (QED) is 0.599. The van der Waals surface area contributed by atoms with Crippen LogP contribution in [-0.2, 0) is 14.6 Å². The molecule has 2 heterocycles. The summed E-state index contributed by atoms with van der Waals surface area (Å²) in [5.74, 6) is 0.220. The van der Waals surface area contributed by atoms with Gasteiger partial charge in [0.05, 0.1) is 9.92 Å². The van der Waals surface area contributed by atoms with E-state index < -0.39 is 15.4 Å². The largest absolute Gasteiger partial charge is 0.476 e. The van der Waals surface area contributed by atoms with Gasteiger partial charge >= 0.3 is 0 Å². The van der Waals surface area contributed by atoms with E-state index in [2.05, 4.69) is 10.2 Å². The van der Waals surface area contributed by atoms with Crippen molar-refractivity contribution >= 4 is 44.6 Å². The van der Waals surface area contributed by atoms with Crippen LogP contribution in [0.15, 0.2) is 47.4 Å². The van der Waals surface area contributed by atoms with E-state index in [0.717, 1.165) is 31.4 Å². The zero-order valence-corrected chi connectivity index (χ0v) is 21.2. The highest BCUT2D eigenvalue weighted by atomic mass is 35.5. The lowest BCUT2D eigenvalue weighted by Crippen LogP contribution is -2.55. The minimum Gasteiger partial charge on any atom is -0.476 e. The number of piperidine rings is 1. The number of nitrogens with one attached hydrogen (secondary N) is 1. The summed E-state index contributed by atoms with van der Waals surface area (Å²) in [6.45, 7) is 3.45. The van der Waals surface area contributed by atoms with E-state index in [1.54, 1.807) is 44.2 Å². The number of sulfone groups is 1. The number of fused-ring (bicyclic) bond motifs is 2. The fraction of sp³-hybridized carbons (Fsp3) is 0.458. The third-order valence-electron chi connectivity index (χ3n) is 6.44. The maximum atomic E-state index is 13.1. The molecule has 2 aromatic rings. The van der Waals surface area contributed by atoms with Gasteiger partial charge in [0, 0.05) is 35.1 Å². The molecule has 2 aromatic carbocycles. The van der Waals surface area contributed by atoms with Crippen LogP contribution in [0, 0.1) is 0 Å². The maximum absolute atomic E-state index is 13.1. The summed E-state index contributed by atoms with van der Waals surface area (Å²) < 4.78 is 29.4. The van der Waals surface area contributed by atoms with E-state index in [-0.39, 0.29) is 11.9 Å². The van der Waals surface area contributed by atoms with Crippen molar-refractivity contribution in [3.05, 3.63) is 52.5 Å². The molecule has 0 radical (unpaired) electrons. The first-order valence-electron chi connectivity index (χ1n) is 11.0. The van der Waals surface area contributed by atoms with Crippen LogP contribution < -0.4 is 15.0 Å². The Kier molecular flexibility index (Phi) is 6.60. The summed E-state index contributed by atoms with van der Waals surface area (Å²) >= 11 is 12.2. The molecule has 178 valence electrons. The molecule has 2 aliphatic rings. The van der Waals surface area contributed by atoms with E-state index in [4.69, 9.17) is 27.9 Å². The SMILES string of the molecule is CC(C)(Oc1ccc(Cl)cc1Cl)C(=O)NC1CC2CCC(C1)N2c1ccc(S(C)(=O)=O)cc1. The first-order valence-corrected chi connectivity index (χ1v) is 13.6. The molecule has 9 heteroatoms. The fourth-order valence-electron chi connectivity index (χ4n) is 4.82. The van der Waals surface area contributed by atoms with E-state index in [1.165, 1.54) is 6.26 Å². The van der Waals surface area contributed by atoms with Crippen molar-refractivity contribution in [2.75, 3.05) is 11.2 Å². The number of amides is 1. The Bertz CT molecular complexity index is 1140. The van der Waals surface area contributed by atoms with Crippen molar-refractivity contribution in [2.24, 2.45) is 0 Å². The topological polar surface area (TPSA) is 75.7 Å². The first kappa shape index (κ1) is 24.2. The highest BCUT2D eigenvalue weighted by Crippen LogP contribution is 2.40. The Morgan fingerprint density at radius 2 is 1.67 bits per heavy atom. The number of halogens is 2. The Morgan fingerprint density at radius 3 is 2.21 bits per heavy atom. The smallest absolute Gasteiger partial charge is 0.263 e. The van der Waals surface area contributed by atoms with Gasteiger partial charge in [0.15, 0.2) is 15.4 Å². The normalized spacial score (nSPS) is 22.8. The van der Waals surface area contributed by atoms with Crippen LogP contribution in [0.4, 0.5) is 5.69 Å². The predicted molar refractivity (Wildman–Crippen MR) is 131 cm³/mol. The second-order valence-corrected chi connectivity index (χ2v) is 12.2. The molecule has 6 nitrogen and oxygen atoms in total. The molecule has 2 bridgehead atoms. The molecule has 2 unspecified atom stereocenters. The van der Waals surface area contributed by atoms with Gasteiger partial charge in [-0.25, -0.2) is 8.42 Å². The fourth-order valence-corrected chi connectivity index (χ4v) is 5.90. The number of nitrogens with zero attached hydrogens (tertiary/aromatic N) is 1. The summed E-state index contributed by atoms with van der Waals surface area (Å²) in [7, 11) is -3.22. The first-order chi connectivity index (χ1) is 15.4. The van der Waals surface area contributed by atoms with Crippen LogP contribution in [0.1, 0.15) is 39.5 Å². The van der Waals surface area contributed by atoms with Gasteiger partial charge in [0.1, 0.15) is 5.75 Å². The van der Waals surface area contributed by atoms with Gasteiger partial charge < -0.3 is 15.0 Å². The van der Waals surface area contributed by atoms with Crippen LogP contribution >= 0.6 is 23.2 Å². The van der Waals surface area contributed by atoms with Gasteiger partial charge in [-0.3, -0.25) is 4.79 Å². The Labute approximate surface area is 205 Å². The van der Waals surface area contributed by atoms with E-state index in [0.29, 0.717) is 32.8 Å². The number of hydrogen-bond donors (Lipinski definition) is 1. The number of hydrogen-bond acceptors (Lipinski definition) is 5. The van der Waals surface area contributed by atoms with Crippen LogP contribution in [0.25, 0.3) is 0 Å². The van der Waals surface area contributed by atoms with Crippen LogP contribution in [-0.4, -0.2) is 44.3 Å². The van der Waals surface area contributed by atoms with Gasteiger partial charge in [-0.15, -0.1) is 0 Å². The molecule has 1 amide bonds. The highest BCUT2D eigenvalue weighted by molar-refractivity contribution is 7.90. The summed E-state index contributed by atoms with van der Waals surface area (Å²) in [4.78, 5) is 15.8. The third kappa shape index (κ3) is 5.26. The minimum absolute atomic E-state index is 0.0464. The molecule has 2 atom stereocenters. The molecule has 2 aliphatic heterocycles. The second-order valence-electron chi connectivity index (χ2n) is 9.39. The molecule has 1 N–H and O–H groups in total. The zero-order chi connectivity index (χ0) is 24.0. The van der Waals surface area contributed by atoms with Crippen molar-refractivity contribution in [1.29, 1.82) is 0 Å². The molecule has 0 aromatic heterocycles. The van der Waals surface area contributed by atoms with Crippen molar-refractivity contribution in [3.8, 4) is 5.75 Å². The summed E-state index contributed by atoms with van der Waals surface area (Å²) in [6, 6.07) is 12.7. The molecular weight excluding hydrogens is 483 g/mol. The maximum Gasteiger partial charge on any atom is 0.263 e. The second kappa shape index (κ2) is 9.01. The van der Waals surface area contributed by atoms with Gasteiger partial charge in [0.2, 0.25) is 0 Å². The predicted octanol–water partition coefficient (Wildman–Crippen LogP) is 4.87. The summed E-state index contributed by atoms with van der Waals surface area (Å²) in [5.41, 5.74) is -0.0736. The minimum atomic E-state index is -3.22. The Hall–Kier alpha value is -1.96. The molecule has 33 heavy (non-hydrogen) atoms. The lowest BCUT2D eigenvalue weighted by molar-refractivity contribution is -0.135. The van der Waals surface area contributed by atoms with Crippen molar-refractivity contribution in [2.45, 2.75) is 68.2 Å². The summed E-state index contributed by atoms with van der Waals surface area (Å²) in [6.07, 6.45) is 4.96. The average molecular weight is 511 g/mol. The number of ether oxygens (including phenoxy) is 1. The number of carbonyl (C=O) groups is 1. The molecule has 2 fully saturated rings. The lowest BCUT2D eigenvalue weighted by Gasteiger charge is -2.41. The van der Waals surface area contributed by atoms with Crippen LogP contribution in [0.3, 0.4) is 0 Å². The number of carbonyl (C=O) groups excluding carboxylic acids is 1. The number of rotatable bonds is 6. The van der Waals surface area contributed by atoms with Crippen molar-refractivity contribution < 1.29 is 17.9 Å². The summed E-state index contributed by atoms with van der Waals surface area (Å²) in [5, 5.41) is 4.03. The molecule has 0 aliphatic carbocycles. The number of anilines is 1. The van der Waals surface area contributed by atoms with Gasteiger partial charge in [-0.05, 0) is 82.0 Å². The monoisotopic (exact) mass is 510 g/mol. The van der Waals surface area contributed by atoms with E-state index >= 15 is 0 Å². The molecule has 0 spiro atoms. The van der Waals surface area contributed by atoms with E-state index in [1.807, 2.05) is 12.1 Å². The molecular formula is C24H28Cl2N2O4S. The molecule has 4 rings (SSSR count). The van der Waals surface area contributed by atoms with E-state index in [9.17, 15) is 13.2 Å². The van der Waals surface area contributed by atoms with Gasteiger partial charge in [-0.1, -0.05) is 23.2 Å². The molecule has 0 saturated carbocycles. The lowest BCUT2D eigenvalue weighted by atomic mass is 9.95. The zero-order valence-electron chi connectivity index (χ0n) is 18.8. The Morgan fingerprint density at radius 1 is 1.06 bits per heavy atom. The van der Waals surface area contributed by atoms with Gasteiger partial charge in [-0.2, -0.15) is 0 Å². The van der Waals surface area contributed by atoms with Crippen molar-refractivity contribution in [3.63, 3.8) is 0 Å². The van der Waals surface area contributed by atoms with Crippen LogP contribution in [0.5, 0.6) is 5.75 Å². The molecule has 2 saturated heterocycles. The standard InChI is InChI=1S/C24H28Cl2N2O4S/c1-24(2,32-22-11-4-15(25)12-21(22)26)23(29)27-16-13-18-5-6-19(14-16)28(18)17-7-9-20(10-8-17)33(3,30)31/h4,7-12,16,18-19H,5-6,13-14H2,1-3H3,(H,27,29). The van der Waals surface area contributed by atoms with Crippen molar-refractivity contribution in [1.82, 2.24) is 5.32 Å².